The highest BCUT2D eigenvalue weighted by Crippen LogP contribution is 2.28. The predicted octanol–water partition coefficient (Wildman–Crippen LogP) is 1.24. The number of hydrogen-bond donors (Lipinski definition) is 1. The first-order valence-electron chi connectivity index (χ1n) is 7.75. The fraction of sp³-hybridized carbons (Fsp3) is 0.312. The molecule has 0 amide bonds. The van der Waals surface area contributed by atoms with Gasteiger partial charge in [0, 0.05) is 17.5 Å². The molecular formula is C16H19N5O4S. The Kier molecular flexibility index (Phi) is 4.79. The van der Waals surface area contributed by atoms with Gasteiger partial charge >= 0.3 is 0 Å². The third-order valence-electron chi connectivity index (χ3n) is 3.84. The number of methoxy groups -OCH3 is 2. The summed E-state index contributed by atoms with van der Waals surface area (Å²) in [6.07, 6.45) is 0. The lowest BCUT2D eigenvalue weighted by Gasteiger charge is -2.12. The van der Waals surface area contributed by atoms with Crippen molar-refractivity contribution in [3.05, 3.63) is 41.5 Å². The van der Waals surface area contributed by atoms with Crippen LogP contribution in [0.5, 0.6) is 11.5 Å². The molecule has 0 spiro atoms. The van der Waals surface area contributed by atoms with Gasteiger partial charge in [-0.05, 0) is 32.0 Å². The molecule has 3 rings (SSSR count). The molecule has 3 aromatic rings. The van der Waals surface area contributed by atoms with Crippen molar-refractivity contribution in [1.82, 2.24) is 24.3 Å². The van der Waals surface area contributed by atoms with Crippen LogP contribution in [0.25, 0.3) is 5.78 Å². The Hall–Kier alpha value is -2.72. The number of aryl methyl sites for hydroxylation is 2. The molecule has 0 atom stereocenters. The maximum absolute atomic E-state index is 12.7. The van der Waals surface area contributed by atoms with Crippen LogP contribution in [0.1, 0.15) is 17.2 Å². The van der Waals surface area contributed by atoms with Gasteiger partial charge in [0.1, 0.15) is 16.4 Å². The first-order chi connectivity index (χ1) is 12.4. The van der Waals surface area contributed by atoms with Crippen molar-refractivity contribution in [2.24, 2.45) is 0 Å². The third-order valence-corrected chi connectivity index (χ3v) is 5.26. The molecule has 9 nitrogen and oxygen atoms in total. The van der Waals surface area contributed by atoms with Crippen LogP contribution in [-0.2, 0) is 16.6 Å². The molecule has 0 aliphatic rings. The Balaban J connectivity index is 1.92. The van der Waals surface area contributed by atoms with Crippen LogP contribution in [0.3, 0.4) is 0 Å². The summed E-state index contributed by atoms with van der Waals surface area (Å²) in [5.41, 5.74) is 1.68. The fourth-order valence-corrected chi connectivity index (χ4v) is 3.81. The summed E-state index contributed by atoms with van der Waals surface area (Å²) in [6, 6.07) is 6.44. The molecule has 0 saturated carbocycles. The van der Waals surface area contributed by atoms with E-state index in [1.54, 1.807) is 10.5 Å². The van der Waals surface area contributed by atoms with Gasteiger partial charge < -0.3 is 9.47 Å². The second kappa shape index (κ2) is 6.89. The van der Waals surface area contributed by atoms with E-state index in [0.29, 0.717) is 17.4 Å². The van der Waals surface area contributed by atoms with E-state index in [-0.39, 0.29) is 17.2 Å². The van der Waals surface area contributed by atoms with Crippen LogP contribution in [0.2, 0.25) is 0 Å². The normalized spacial score (nSPS) is 11.7. The van der Waals surface area contributed by atoms with E-state index in [1.807, 2.05) is 19.9 Å². The second-order valence-corrected chi connectivity index (χ2v) is 7.37. The Morgan fingerprint density at radius 3 is 2.58 bits per heavy atom. The maximum atomic E-state index is 12.7. The molecule has 2 heterocycles. The first kappa shape index (κ1) is 18.1. The highest BCUT2D eigenvalue weighted by Gasteiger charge is 2.21. The highest BCUT2D eigenvalue weighted by atomic mass is 32.2. The topological polar surface area (TPSA) is 108 Å². The average Bonchev–Trinajstić information content (AvgIpc) is 3.02. The van der Waals surface area contributed by atoms with Crippen LogP contribution in [0, 0.1) is 13.8 Å². The summed E-state index contributed by atoms with van der Waals surface area (Å²) in [5, 5.41) is 8.04. The Labute approximate surface area is 151 Å². The number of ether oxygens (including phenoxy) is 2. The zero-order valence-electron chi connectivity index (χ0n) is 14.8. The molecule has 0 radical (unpaired) electrons. The molecular weight excluding hydrogens is 358 g/mol. The number of nitrogens with one attached hydrogen (secondary N) is 1. The summed E-state index contributed by atoms with van der Waals surface area (Å²) >= 11 is 0. The summed E-state index contributed by atoms with van der Waals surface area (Å²) in [5.74, 6) is 1.50. The largest absolute Gasteiger partial charge is 0.497 e. The molecule has 0 saturated heterocycles. The van der Waals surface area contributed by atoms with Crippen LogP contribution in [0.15, 0.2) is 29.2 Å². The lowest BCUT2D eigenvalue weighted by molar-refractivity contribution is 0.392. The molecule has 0 fully saturated rings. The predicted molar refractivity (Wildman–Crippen MR) is 93.8 cm³/mol. The maximum Gasteiger partial charge on any atom is 0.255 e. The number of rotatable bonds is 6. The van der Waals surface area contributed by atoms with Crippen LogP contribution >= 0.6 is 0 Å². The number of sulfonamides is 1. The van der Waals surface area contributed by atoms with Crippen LogP contribution < -0.4 is 14.2 Å². The summed E-state index contributed by atoms with van der Waals surface area (Å²) in [7, 11) is -0.987. The Morgan fingerprint density at radius 2 is 1.88 bits per heavy atom. The van der Waals surface area contributed by atoms with E-state index in [0.717, 1.165) is 11.4 Å². The van der Waals surface area contributed by atoms with Gasteiger partial charge in [0.05, 0.1) is 20.8 Å². The average molecular weight is 377 g/mol. The standard InChI is InChI=1S/C16H19N5O4S/c1-10-7-11(2)21-15(19-20-16(21)18-10)9-17-26(22,23)14-8-12(24-3)5-6-13(14)25-4/h5-8,17H,9H2,1-4H3. The van der Waals surface area contributed by atoms with E-state index < -0.39 is 10.0 Å². The van der Waals surface area contributed by atoms with Gasteiger partial charge in [-0.25, -0.2) is 18.1 Å². The number of nitrogens with zero attached hydrogens (tertiary/aromatic N) is 4. The first-order valence-corrected chi connectivity index (χ1v) is 9.24. The minimum atomic E-state index is -3.86. The van der Waals surface area contributed by atoms with Crippen molar-refractivity contribution in [2.45, 2.75) is 25.3 Å². The van der Waals surface area contributed by atoms with Crippen molar-refractivity contribution in [3.8, 4) is 11.5 Å². The zero-order chi connectivity index (χ0) is 18.9. The van der Waals surface area contributed by atoms with E-state index in [9.17, 15) is 8.42 Å². The minimum Gasteiger partial charge on any atom is -0.497 e. The molecule has 1 aromatic carbocycles. The van der Waals surface area contributed by atoms with Gasteiger partial charge in [-0.15, -0.1) is 10.2 Å². The monoisotopic (exact) mass is 377 g/mol. The van der Waals surface area contributed by atoms with E-state index in [1.165, 1.54) is 26.4 Å². The number of aromatic nitrogens is 4. The molecule has 1 N–H and O–H groups in total. The summed E-state index contributed by atoms with van der Waals surface area (Å²) in [4.78, 5) is 4.27. The van der Waals surface area contributed by atoms with Crippen molar-refractivity contribution in [3.63, 3.8) is 0 Å². The lowest BCUT2D eigenvalue weighted by atomic mass is 10.3. The van der Waals surface area contributed by atoms with E-state index in [4.69, 9.17) is 9.47 Å². The number of hydrogen-bond acceptors (Lipinski definition) is 7. The lowest BCUT2D eigenvalue weighted by Crippen LogP contribution is -2.25. The molecule has 10 heteroatoms. The summed E-state index contributed by atoms with van der Waals surface area (Å²) in [6.45, 7) is 3.70. The van der Waals surface area contributed by atoms with Crippen molar-refractivity contribution >= 4 is 15.8 Å². The van der Waals surface area contributed by atoms with Gasteiger partial charge in [0.2, 0.25) is 10.0 Å². The van der Waals surface area contributed by atoms with Gasteiger partial charge in [-0.2, -0.15) is 0 Å². The van der Waals surface area contributed by atoms with Gasteiger partial charge in [-0.3, -0.25) is 4.40 Å². The molecule has 26 heavy (non-hydrogen) atoms. The highest BCUT2D eigenvalue weighted by molar-refractivity contribution is 7.89. The molecule has 0 bridgehead atoms. The van der Waals surface area contributed by atoms with Crippen molar-refractivity contribution < 1.29 is 17.9 Å². The van der Waals surface area contributed by atoms with E-state index in [2.05, 4.69) is 19.9 Å². The Bertz CT molecular complexity index is 1060. The zero-order valence-corrected chi connectivity index (χ0v) is 15.7. The van der Waals surface area contributed by atoms with Gasteiger partial charge in [-0.1, -0.05) is 0 Å². The quantitative estimate of drug-likeness (QED) is 0.688. The van der Waals surface area contributed by atoms with E-state index >= 15 is 0 Å². The third kappa shape index (κ3) is 3.33. The SMILES string of the molecule is COc1ccc(OC)c(S(=O)(=O)NCc2nnc3nc(C)cc(C)n23)c1. The van der Waals surface area contributed by atoms with Crippen molar-refractivity contribution in [2.75, 3.05) is 14.2 Å². The molecule has 2 aromatic heterocycles. The molecule has 0 aliphatic heterocycles. The second-order valence-electron chi connectivity index (χ2n) is 5.63. The fourth-order valence-electron chi connectivity index (χ4n) is 2.64. The number of benzene rings is 1. The molecule has 138 valence electrons. The minimum absolute atomic E-state index is 0.0149. The molecule has 0 unspecified atom stereocenters. The molecule has 0 aliphatic carbocycles. The van der Waals surface area contributed by atoms with Crippen LogP contribution in [0.4, 0.5) is 0 Å². The Morgan fingerprint density at radius 1 is 1.12 bits per heavy atom. The smallest absolute Gasteiger partial charge is 0.255 e. The summed E-state index contributed by atoms with van der Waals surface area (Å²) < 4.78 is 39.9. The van der Waals surface area contributed by atoms with Gasteiger partial charge in [0.25, 0.3) is 5.78 Å². The van der Waals surface area contributed by atoms with Crippen LogP contribution in [-0.4, -0.2) is 42.2 Å². The van der Waals surface area contributed by atoms with Gasteiger partial charge in [0.15, 0.2) is 5.82 Å². The number of fused-ring (bicyclic) bond motifs is 1. The van der Waals surface area contributed by atoms with Crippen molar-refractivity contribution in [1.29, 1.82) is 0 Å².